The van der Waals surface area contributed by atoms with Crippen molar-refractivity contribution >= 4 is 23.2 Å². The largest absolute Gasteiger partial charge is 0.323 e. The lowest BCUT2D eigenvalue weighted by Gasteiger charge is -2.25. The molecule has 0 saturated heterocycles. The molecule has 0 aliphatic carbocycles. The maximum Gasteiger partial charge on any atom is 0.238 e. The topological polar surface area (TPSA) is 35.6 Å². The van der Waals surface area contributed by atoms with Crippen LogP contribution in [0.1, 0.15) is 26.3 Å². The Labute approximate surface area is 139 Å². The molecule has 0 atom stereocenters. The van der Waals surface area contributed by atoms with Gasteiger partial charge >= 0.3 is 0 Å². The molecule has 0 spiro atoms. The van der Waals surface area contributed by atoms with Gasteiger partial charge in [-0.2, -0.15) is 0 Å². The molecule has 0 bridgehead atoms. The van der Waals surface area contributed by atoms with Crippen molar-refractivity contribution in [2.24, 2.45) is 0 Å². The normalized spacial score (nSPS) is 11.2. The second-order valence-corrected chi connectivity index (χ2v) is 5.78. The van der Waals surface area contributed by atoms with Crippen molar-refractivity contribution in [3.8, 4) is 0 Å². The summed E-state index contributed by atoms with van der Waals surface area (Å²) in [5.74, 6) is -0.0161. The Balaban J connectivity index is 2.55. The summed E-state index contributed by atoms with van der Waals surface area (Å²) in [6, 6.07) is 5.62. The average molecular weight is 326 g/mol. The van der Waals surface area contributed by atoms with Gasteiger partial charge in [0.05, 0.1) is 17.3 Å². The van der Waals surface area contributed by atoms with Crippen LogP contribution in [0, 0.1) is 6.92 Å². The zero-order valence-electron chi connectivity index (χ0n) is 14.2. The molecule has 1 N–H and O–H groups in total. The summed E-state index contributed by atoms with van der Waals surface area (Å²) in [5.41, 5.74) is 1.70. The highest BCUT2D eigenvalue weighted by Crippen LogP contribution is 2.25. The molecule has 5 heteroatoms. The minimum atomic E-state index is -0.0161. The van der Waals surface area contributed by atoms with Crippen molar-refractivity contribution in [2.45, 2.75) is 27.7 Å². The lowest BCUT2D eigenvalue weighted by molar-refractivity contribution is -0.117. The fraction of sp³-hybridized carbons (Fsp3) is 0.588. The molecule has 1 rings (SSSR count). The van der Waals surface area contributed by atoms with Gasteiger partial charge in [0.15, 0.2) is 0 Å². The van der Waals surface area contributed by atoms with Gasteiger partial charge in [-0.1, -0.05) is 44.5 Å². The molecule has 124 valence electrons. The summed E-state index contributed by atoms with van der Waals surface area (Å²) in [6.45, 7) is 13.6. The maximum atomic E-state index is 12.2. The molecule has 0 saturated carbocycles. The highest BCUT2D eigenvalue weighted by atomic mass is 35.5. The van der Waals surface area contributed by atoms with Crippen molar-refractivity contribution < 1.29 is 4.79 Å². The van der Waals surface area contributed by atoms with Crippen LogP contribution in [0.5, 0.6) is 0 Å². The van der Waals surface area contributed by atoms with E-state index in [-0.39, 0.29) is 5.91 Å². The van der Waals surface area contributed by atoms with E-state index in [1.165, 1.54) is 0 Å². The Kier molecular flexibility index (Phi) is 8.46. The molecule has 0 radical (unpaired) electrons. The molecule has 1 aromatic carbocycles. The molecule has 0 aromatic heterocycles. The number of carbonyl (C=O) groups is 1. The minimum absolute atomic E-state index is 0.0161. The van der Waals surface area contributed by atoms with Crippen molar-refractivity contribution in [3.05, 3.63) is 28.8 Å². The number of benzene rings is 1. The molecule has 4 nitrogen and oxygen atoms in total. The summed E-state index contributed by atoms with van der Waals surface area (Å²) in [5, 5.41) is 3.52. The van der Waals surface area contributed by atoms with Crippen LogP contribution in [0.2, 0.25) is 5.02 Å². The third-order valence-electron chi connectivity index (χ3n) is 3.93. The first-order valence-corrected chi connectivity index (χ1v) is 8.39. The van der Waals surface area contributed by atoms with Crippen LogP contribution in [0.15, 0.2) is 18.2 Å². The lowest BCUT2D eigenvalue weighted by atomic mass is 10.2. The van der Waals surface area contributed by atoms with E-state index in [4.69, 9.17) is 11.6 Å². The number of likely N-dealkylation sites (N-methyl/N-ethyl adjacent to an activating group) is 2. The lowest BCUT2D eigenvalue weighted by Crippen LogP contribution is -2.39. The average Bonchev–Trinajstić information content (AvgIpc) is 2.50. The van der Waals surface area contributed by atoms with Gasteiger partial charge in [-0.15, -0.1) is 0 Å². The summed E-state index contributed by atoms with van der Waals surface area (Å²) in [6.07, 6.45) is 0. The molecule has 1 aromatic rings. The maximum absolute atomic E-state index is 12.2. The number of amides is 1. The third kappa shape index (κ3) is 5.95. The SMILES string of the molecule is CCN(CC)CCN(CC)CC(=O)Nc1c(C)cccc1Cl. The Morgan fingerprint density at radius 1 is 1.09 bits per heavy atom. The first-order valence-electron chi connectivity index (χ1n) is 8.01. The Hall–Kier alpha value is -1.10. The summed E-state index contributed by atoms with van der Waals surface area (Å²) >= 11 is 6.15. The van der Waals surface area contributed by atoms with Crippen LogP contribution in [0.4, 0.5) is 5.69 Å². The van der Waals surface area contributed by atoms with Gasteiger partial charge < -0.3 is 10.2 Å². The Morgan fingerprint density at radius 3 is 2.23 bits per heavy atom. The van der Waals surface area contributed by atoms with Gasteiger partial charge in [-0.3, -0.25) is 9.69 Å². The smallest absolute Gasteiger partial charge is 0.238 e. The van der Waals surface area contributed by atoms with Gasteiger partial charge in [0.25, 0.3) is 0 Å². The molecule has 0 fully saturated rings. The van der Waals surface area contributed by atoms with Crippen molar-refractivity contribution in [1.29, 1.82) is 0 Å². The van der Waals surface area contributed by atoms with E-state index in [1.54, 1.807) is 6.07 Å². The van der Waals surface area contributed by atoms with Crippen LogP contribution < -0.4 is 5.32 Å². The highest BCUT2D eigenvalue weighted by molar-refractivity contribution is 6.33. The van der Waals surface area contributed by atoms with E-state index in [1.807, 2.05) is 19.1 Å². The van der Waals surface area contributed by atoms with E-state index >= 15 is 0 Å². The van der Waals surface area contributed by atoms with Gasteiger partial charge in [0.2, 0.25) is 5.91 Å². The van der Waals surface area contributed by atoms with E-state index < -0.39 is 0 Å². The van der Waals surface area contributed by atoms with Crippen LogP contribution in [0.25, 0.3) is 0 Å². The number of nitrogens with one attached hydrogen (secondary N) is 1. The van der Waals surface area contributed by atoms with E-state index in [0.717, 1.165) is 38.3 Å². The summed E-state index contributed by atoms with van der Waals surface area (Å²) in [7, 11) is 0. The number of halogens is 1. The summed E-state index contributed by atoms with van der Waals surface area (Å²) in [4.78, 5) is 16.8. The number of para-hydroxylation sites is 1. The minimum Gasteiger partial charge on any atom is -0.323 e. The molecule has 0 aliphatic heterocycles. The zero-order valence-corrected chi connectivity index (χ0v) is 14.9. The quantitative estimate of drug-likeness (QED) is 0.757. The van der Waals surface area contributed by atoms with Crippen LogP contribution >= 0.6 is 11.6 Å². The molecular weight excluding hydrogens is 298 g/mol. The number of carbonyl (C=O) groups excluding carboxylic acids is 1. The predicted octanol–water partition coefficient (Wildman–Crippen LogP) is 3.25. The molecule has 0 unspecified atom stereocenters. The number of hydrogen-bond donors (Lipinski definition) is 1. The second-order valence-electron chi connectivity index (χ2n) is 5.38. The van der Waals surface area contributed by atoms with Gasteiger partial charge in [0, 0.05) is 13.1 Å². The van der Waals surface area contributed by atoms with Gasteiger partial charge in [-0.05, 0) is 38.2 Å². The second kappa shape index (κ2) is 9.82. The van der Waals surface area contributed by atoms with Crippen molar-refractivity contribution in [1.82, 2.24) is 9.80 Å². The van der Waals surface area contributed by atoms with Crippen LogP contribution in [-0.2, 0) is 4.79 Å². The van der Waals surface area contributed by atoms with Crippen LogP contribution in [0.3, 0.4) is 0 Å². The zero-order chi connectivity index (χ0) is 16.5. The number of nitrogens with zero attached hydrogens (tertiary/aromatic N) is 2. The number of aryl methyl sites for hydroxylation is 1. The van der Waals surface area contributed by atoms with Gasteiger partial charge in [-0.25, -0.2) is 0 Å². The first kappa shape index (κ1) is 18.9. The van der Waals surface area contributed by atoms with Crippen molar-refractivity contribution in [2.75, 3.05) is 44.6 Å². The number of hydrogen-bond acceptors (Lipinski definition) is 3. The third-order valence-corrected chi connectivity index (χ3v) is 4.24. The molecular formula is C17H28ClN3O. The van der Waals surface area contributed by atoms with Crippen LogP contribution in [-0.4, -0.2) is 55.0 Å². The molecule has 1 amide bonds. The highest BCUT2D eigenvalue weighted by Gasteiger charge is 2.13. The fourth-order valence-electron chi connectivity index (χ4n) is 2.34. The fourth-order valence-corrected chi connectivity index (χ4v) is 2.61. The van der Waals surface area contributed by atoms with Gasteiger partial charge in [0.1, 0.15) is 0 Å². The molecule has 0 heterocycles. The summed E-state index contributed by atoms with van der Waals surface area (Å²) < 4.78 is 0. The van der Waals surface area contributed by atoms with E-state index in [9.17, 15) is 4.79 Å². The monoisotopic (exact) mass is 325 g/mol. The van der Waals surface area contributed by atoms with E-state index in [2.05, 4.69) is 35.9 Å². The number of anilines is 1. The molecule has 22 heavy (non-hydrogen) atoms. The molecule has 0 aliphatic rings. The van der Waals surface area contributed by atoms with Crippen molar-refractivity contribution in [3.63, 3.8) is 0 Å². The Bertz CT molecular complexity index is 455. The Morgan fingerprint density at radius 2 is 1.68 bits per heavy atom. The first-order chi connectivity index (χ1) is 10.5. The standard InChI is InChI=1S/C17H28ClN3O/c1-5-20(6-2)11-12-21(7-3)13-16(22)19-17-14(4)9-8-10-15(17)18/h8-10H,5-7,11-13H2,1-4H3,(H,19,22). The van der Waals surface area contributed by atoms with E-state index in [0.29, 0.717) is 17.3 Å². The number of rotatable bonds is 9. The predicted molar refractivity (Wildman–Crippen MR) is 94.7 cm³/mol.